The molecule has 31 heavy (non-hydrogen) atoms. The van der Waals surface area contributed by atoms with Crippen molar-refractivity contribution in [1.82, 2.24) is 4.90 Å². The lowest BCUT2D eigenvalue weighted by Gasteiger charge is -2.33. The summed E-state index contributed by atoms with van der Waals surface area (Å²) in [6.45, 7) is 4.94. The standard InChI is InChI=1S/C24H27N3O3S/c1-16-14-20(31(25,29)30)15-23(17(16)2)26-24(28)27-12-10-19(11-13-27)22-9-5-7-18-6-3-4-8-21(18)22/h3-9,14-15,19H,10-13H2,1-2H3,(H,26,28)(H2,25,29,30). The fourth-order valence-corrected chi connectivity index (χ4v) is 4.94. The molecule has 7 heteroatoms. The van der Waals surface area contributed by atoms with Gasteiger partial charge in [-0.2, -0.15) is 0 Å². The van der Waals surface area contributed by atoms with Crippen LogP contribution < -0.4 is 10.5 Å². The van der Waals surface area contributed by atoms with E-state index in [4.69, 9.17) is 5.14 Å². The van der Waals surface area contributed by atoms with Gasteiger partial charge in [-0.15, -0.1) is 0 Å². The first-order valence-corrected chi connectivity index (χ1v) is 12.0. The summed E-state index contributed by atoms with van der Waals surface area (Å²) in [5.74, 6) is 0.407. The van der Waals surface area contributed by atoms with Crippen LogP contribution in [0.3, 0.4) is 0 Å². The van der Waals surface area contributed by atoms with Gasteiger partial charge in [-0.3, -0.25) is 0 Å². The molecule has 3 aromatic rings. The second-order valence-corrected chi connectivity index (χ2v) is 9.78. The Morgan fingerprint density at radius 3 is 2.42 bits per heavy atom. The first-order chi connectivity index (χ1) is 14.7. The number of benzene rings is 3. The van der Waals surface area contributed by atoms with E-state index in [1.54, 1.807) is 11.8 Å². The number of piperidine rings is 1. The van der Waals surface area contributed by atoms with Gasteiger partial charge >= 0.3 is 6.03 Å². The number of rotatable bonds is 3. The molecule has 0 bridgehead atoms. The molecule has 0 saturated carbocycles. The van der Waals surface area contributed by atoms with Crippen LogP contribution >= 0.6 is 0 Å². The molecule has 1 saturated heterocycles. The van der Waals surface area contributed by atoms with Gasteiger partial charge in [-0.05, 0) is 72.2 Å². The molecular formula is C24H27N3O3S. The smallest absolute Gasteiger partial charge is 0.321 e. The lowest BCUT2D eigenvalue weighted by atomic mass is 9.86. The summed E-state index contributed by atoms with van der Waals surface area (Å²) < 4.78 is 23.5. The summed E-state index contributed by atoms with van der Waals surface area (Å²) in [6.07, 6.45) is 1.77. The predicted octanol–water partition coefficient (Wildman–Crippen LogP) is 4.52. The van der Waals surface area contributed by atoms with Gasteiger partial charge in [0.25, 0.3) is 0 Å². The Bertz CT molecular complexity index is 1240. The molecular weight excluding hydrogens is 410 g/mol. The molecule has 0 radical (unpaired) electrons. The Labute approximate surface area is 183 Å². The van der Waals surface area contributed by atoms with Gasteiger partial charge in [0.05, 0.1) is 4.90 Å². The van der Waals surface area contributed by atoms with E-state index in [0.29, 0.717) is 24.7 Å². The molecule has 162 valence electrons. The Morgan fingerprint density at radius 1 is 1.03 bits per heavy atom. The van der Waals surface area contributed by atoms with E-state index in [2.05, 4.69) is 41.7 Å². The highest BCUT2D eigenvalue weighted by atomic mass is 32.2. The summed E-state index contributed by atoms with van der Waals surface area (Å²) in [5.41, 5.74) is 3.40. The number of primary sulfonamides is 1. The maximum Gasteiger partial charge on any atom is 0.321 e. The van der Waals surface area contributed by atoms with Crippen LogP contribution in [-0.2, 0) is 10.0 Å². The highest BCUT2D eigenvalue weighted by Gasteiger charge is 2.25. The Hall–Kier alpha value is -2.90. The lowest BCUT2D eigenvalue weighted by Crippen LogP contribution is -2.40. The molecule has 4 rings (SSSR count). The molecule has 0 spiro atoms. The summed E-state index contributed by atoms with van der Waals surface area (Å²) in [4.78, 5) is 14.7. The normalized spacial score (nSPS) is 15.3. The fourth-order valence-electron chi connectivity index (χ4n) is 4.31. The number of nitrogens with one attached hydrogen (secondary N) is 1. The Balaban J connectivity index is 1.47. The number of anilines is 1. The summed E-state index contributed by atoms with van der Waals surface area (Å²) >= 11 is 0. The summed E-state index contributed by atoms with van der Waals surface area (Å²) in [7, 11) is -3.85. The van der Waals surface area contributed by atoms with Crippen molar-refractivity contribution in [2.24, 2.45) is 5.14 Å². The van der Waals surface area contributed by atoms with E-state index in [-0.39, 0.29) is 10.9 Å². The summed E-state index contributed by atoms with van der Waals surface area (Å²) in [5, 5.41) is 10.7. The van der Waals surface area contributed by atoms with E-state index in [9.17, 15) is 13.2 Å². The number of carbonyl (C=O) groups excluding carboxylic acids is 1. The minimum Gasteiger partial charge on any atom is -0.324 e. The molecule has 0 atom stereocenters. The van der Waals surface area contributed by atoms with Crippen molar-refractivity contribution < 1.29 is 13.2 Å². The lowest BCUT2D eigenvalue weighted by molar-refractivity contribution is 0.194. The number of nitrogens with two attached hydrogens (primary N) is 1. The number of sulfonamides is 1. The first-order valence-electron chi connectivity index (χ1n) is 10.4. The average Bonchev–Trinajstić information content (AvgIpc) is 2.75. The Kier molecular flexibility index (Phi) is 5.73. The van der Waals surface area contributed by atoms with Crippen molar-refractivity contribution in [1.29, 1.82) is 0 Å². The number of likely N-dealkylation sites (tertiary alicyclic amines) is 1. The molecule has 6 nitrogen and oxygen atoms in total. The quantitative estimate of drug-likeness (QED) is 0.631. The third-order valence-electron chi connectivity index (χ3n) is 6.26. The van der Waals surface area contributed by atoms with Crippen LogP contribution in [-0.4, -0.2) is 32.4 Å². The SMILES string of the molecule is Cc1cc(S(N)(=O)=O)cc(NC(=O)N2CCC(c3cccc4ccccc34)CC2)c1C. The number of hydrogen-bond acceptors (Lipinski definition) is 3. The average molecular weight is 438 g/mol. The zero-order chi connectivity index (χ0) is 22.2. The second-order valence-electron chi connectivity index (χ2n) is 8.22. The van der Waals surface area contributed by atoms with Crippen LogP contribution in [0.2, 0.25) is 0 Å². The third-order valence-corrected chi connectivity index (χ3v) is 7.15. The number of nitrogens with zero attached hydrogens (tertiary/aromatic N) is 1. The van der Waals surface area contributed by atoms with Crippen molar-refractivity contribution in [3.05, 3.63) is 71.3 Å². The number of hydrogen-bond donors (Lipinski definition) is 2. The van der Waals surface area contributed by atoms with Crippen LogP contribution in [0.4, 0.5) is 10.5 Å². The van der Waals surface area contributed by atoms with Gasteiger partial charge in [0.1, 0.15) is 0 Å². The van der Waals surface area contributed by atoms with Gasteiger partial charge in [0, 0.05) is 18.8 Å². The number of urea groups is 1. The van der Waals surface area contributed by atoms with Crippen molar-refractivity contribution in [3.63, 3.8) is 0 Å². The second kappa shape index (κ2) is 8.32. The number of carbonyl (C=O) groups is 1. The highest BCUT2D eigenvalue weighted by molar-refractivity contribution is 7.89. The van der Waals surface area contributed by atoms with Crippen molar-refractivity contribution in [3.8, 4) is 0 Å². The molecule has 0 aliphatic carbocycles. The van der Waals surface area contributed by atoms with Crippen LogP contribution in [0.5, 0.6) is 0 Å². The Morgan fingerprint density at radius 2 is 1.71 bits per heavy atom. The molecule has 1 heterocycles. The maximum absolute atomic E-state index is 12.9. The molecule has 3 aromatic carbocycles. The topological polar surface area (TPSA) is 92.5 Å². The zero-order valence-corrected chi connectivity index (χ0v) is 18.6. The summed E-state index contributed by atoms with van der Waals surface area (Å²) in [6, 6.07) is 17.5. The van der Waals surface area contributed by atoms with Crippen molar-refractivity contribution >= 4 is 32.5 Å². The zero-order valence-electron chi connectivity index (χ0n) is 17.8. The van der Waals surface area contributed by atoms with E-state index in [1.807, 2.05) is 13.0 Å². The minimum absolute atomic E-state index is 0.000522. The highest BCUT2D eigenvalue weighted by Crippen LogP contribution is 2.33. The number of aryl methyl sites for hydroxylation is 1. The molecule has 1 fully saturated rings. The third kappa shape index (κ3) is 4.43. The molecule has 0 aromatic heterocycles. The van der Waals surface area contributed by atoms with Crippen molar-refractivity contribution in [2.45, 2.75) is 37.5 Å². The van der Waals surface area contributed by atoms with Gasteiger partial charge < -0.3 is 10.2 Å². The minimum atomic E-state index is -3.85. The van der Waals surface area contributed by atoms with Gasteiger partial charge in [0.15, 0.2) is 0 Å². The number of amides is 2. The van der Waals surface area contributed by atoms with Gasteiger partial charge in [0.2, 0.25) is 10.0 Å². The molecule has 3 N–H and O–H groups in total. The number of fused-ring (bicyclic) bond motifs is 1. The molecule has 2 amide bonds. The molecule has 1 aliphatic rings. The van der Waals surface area contributed by atoms with Crippen LogP contribution in [0, 0.1) is 13.8 Å². The first kappa shape index (κ1) is 21.3. The molecule has 0 unspecified atom stereocenters. The van der Waals surface area contributed by atoms with E-state index >= 15 is 0 Å². The van der Waals surface area contributed by atoms with Crippen LogP contribution in [0.1, 0.15) is 35.4 Å². The van der Waals surface area contributed by atoms with Crippen LogP contribution in [0.15, 0.2) is 59.5 Å². The van der Waals surface area contributed by atoms with E-state index < -0.39 is 10.0 Å². The predicted molar refractivity (Wildman–Crippen MR) is 124 cm³/mol. The fraction of sp³-hybridized carbons (Fsp3) is 0.292. The molecule has 1 aliphatic heterocycles. The largest absolute Gasteiger partial charge is 0.324 e. The van der Waals surface area contributed by atoms with Crippen molar-refractivity contribution in [2.75, 3.05) is 18.4 Å². The van der Waals surface area contributed by atoms with Gasteiger partial charge in [-0.25, -0.2) is 18.4 Å². The van der Waals surface area contributed by atoms with E-state index in [0.717, 1.165) is 24.0 Å². The maximum atomic E-state index is 12.9. The van der Waals surface area contributed by atoms with E-state index in [1.165, 1.54) is 28.5 Å². The van der Waals surface area contributed by atoms with Crippen LogP contribution in [0.25, 0.3) is 10.8 Å². The van der Waals surface area contributed by atoms with Gasteiger partial charge in [-0.1, -0.05) is 42.5 Å². The monoisotopic (exact) mass is 437 g/mol.